The van der Waals surface area contributed by atoms with Gasteiger partial charge in [-0.2, -0.15) is 0 Å². The van der Waals surface area contributed by atoms with E-state index in [1.54, 1.807) is 0 Å². The molecule has 0 aromatic heterocycles. The van der Waals surface area contributed by atoms with Crippen LogP contribution in [0.5, 0.6) is 0 Å². The predicted octanol–water partition coefficient (Wildman–Crippen LogP) is 1.95. The Kier molecular flexibility index (Phi) is 2.76. The predicted molar refractivity (Wildman–Crippen MR) is 49.8 cm³/mol. The Morgan fingerprint density at radius 1 is 1.50 bits per heavy atom. The summed E-state index contributed by atoms with van der Waals surface area (Å²) in [5.74, 6) is 0.886. The molecule has 1 saturated carbocycles. The van der Waals surface area contributed by atoms with Gasteiger partial charge < -0.3 is 5.32 Å². The average Bonchev–Trinajstić information content (AvgIpc) is 2.81. The van der Waals surface area contributed by atoms with Gasteiger partial charge in [-0.05, 0) is 24.2 Å². The highest BCUT2D eigenvalue weighted by molar-refractivity contribution is 5.75. The van der Waals surface area contributed by atoms with E-state index in [4.69, 9.17) is 0 Å². The molecule has 0 aliphatic heterocycles. The molecule has 70 valence electrons. The second-order valence-corrected chi connectivity index (χ2v) is 4.15. The lowest BCUT2D eigenvalue weighted by Crippen LogP contribution is -2.31. The first kappa shape index (κ1) is 9.56. The van der Waals surface area contributed by atoms with Crippen molar-refractivity contribution < 1.29 is 4.79 Å². The van der Waals surface area contributed by atoms with Crippen molar-refractivity contribution in [3.05, 3.63) is 0 Å². The third-order valence-corrected chi connectivity index (χ3v) is 3.08. The van der Waals surface area contributed by atoms with Gasteiger partial charge in [-0.15, -0.1) is 0 Å². The lowest BCUT2D eigenvalue weighted by atomic mass is 9.92. The third kappa shape index (κ3) is 1.99. The van der Waals surface area contributed by atoms with Crippen molar-refractivity contribution in [2.45, 2.75) is 40.0 Å². The lowest BCUT2D eigenvalue weighted by Gasteiger charge is -2.19. The molecule has 1 amide bonds. The van der Waals surface area contributed by atoms with Gasteiger partial charge in [-0.3, -0.25) is 4.79 Å². The van der Waals surface area contributed by atoms with Gasteiger partial charge in [0.15, 0.2) is 0 Å². The van der Waals surface area contributed by atoms with Crippen molar-refractivity contribution in [1.82, 2.24) is 5.32 Å². The fourth-order valence-electron chi connectivity index (χ4n) is 1.52. The van der Waals surface area contributed by atoms with Crippen molar-refractivity contribution in [2.75, 3.05) is 6.54 Å². The molecule has 0 unspecified atom stereocenters. The molecule has 1 aliphatic rings. The fraction of sp³-hybridized carbons (Fsp3) is 0.900. The number of hydrogen-bond donors (Lipinski definition) is 1. The first-order valence-electron chi connectivity index (χ1n) is 4.87. The number of carbonyl (C=O) groups is 1. The minimum atomic E-state index is 0.182. The van der Waals surface area contributed by atoms with Crippen LogP contribution in [0, 0.1) is 11.3 Å². The Morgan fingerprint density at radius 2 is 2.08 bits per heavy atom. The molecule has 0 aromatic rings. The first-order chi connectivity index (χ1) is 5.60. The second-order valence-electron chi connectivity index (χ2n) is 4.15. The standard InChI is InChI=1S/C10H19NO/c1-4-9(12)11-7-10(5-6-10)8(2)3/h8H,4-7H2,1-3H3,(H,11,12). The van der Waals surface area contributed by atoms with E-state index < -0.39 is 0 Å². The maximum absolute atomic E-state index is 11.0. The number of amides is 1. The summed E-state index contributed by atoms with van der Waals surface area (Å²) >= 11 is 0. The topological polar surface area (TPSA) is 29.1 Å². The van der Waals surface area contributed by atoms with Crippen LogP contribution in [0.2, 0.25) is 0 Å². The van der Waals surface area contributed by atoms with E-state index in [2.05, 4.69) is 19.2 Å². The molecule has 0 saturated heterocycles. The summed E-state index contributed by atoms with van der Waals surface area (Å²) in [6, 6.07) is 0. The molecule has 2 nitrogen and oxygen atoms in total. The SMILES string of the molecule is CCC(=O)NCC1(C(C)C)CC1. The Labute approximate surface area is 74.7 Å². The number of rotatable bonds is 4. The zero-order chi connectivity index (χ0) is 9.19. The van der Waals surface area contributed by atoms with Gasteiger partial charge in [-0.25, -0.2) is 0 Å². The van der Waals surface area contributed by atoms with Gasteiger partial charge in [0.25, 0.3) is 0 Å². The minimum Gasteiger partial charge on any atom is -0.356 e. The van der Waals surface area contributed by atoms with E-state index in [1.807, 2.05) is 6.92 Å². The van der Waals surface area contributed by atoms with Crippen LogP contribution in [0.25, 0.3) is 0 Å². The molecule has 0 bridgehead atoms. The minimum absolute atomic E-state index is 0.182. The van der Waals surface area contributed by atoms with Gasteiger partial charge in [0.05, 0.1) is 0 Å². The molecule has 0 heterocycles. The lowest BCUT2D eigenvalue weighted by molar-refractivity contribution is -0.121. The smallest absolute Gasteiger partial charge is 0.219 e. The molecule has 2 heteroatoms. The van der Waals surface area contributed by atoms with Crippen LogP contribution >= 0.6 is 0 Å². The zero-order valence-electron chi connectivity index (χ0n) is 8.31. The molecule has 1 fully saturated rings. The fourth-order valence-corrected chi connectivity index (χ4v) is 1.52. The highest BCUT2D eigenvalue weighted by Gasteiger charge is 2.45. The summed E-state index contributed by atoms with van der Waals surface area (Å²) in [6.45, 7) is 7.26. The summed E-state index contributed by atoms with van der Waals surface area (Å²) in [7, 11) is 0. The number of nitrogens with one attached hydrogen (secondary N) is 1. The Balaban J connectivity index is 2.27. The molecule has 1 rings (SSSR count). The highest BCUT2D eigenvalue weighted by Crippen LogP contribution is 2.51. The van der Waals surface area contributed by atoms with Crippen LogP contribution < -0.4 is 5.32 Å². The molecule has 1 N–H and O–H groups in total. The summed E-state index contributed by atoms with van der Waals surface area (Å²) in [4.78, 5) is 11.0. The summed E-state index contributed by atoms with van der Waals surface area (Å²) in [6.07, 6.45) is 3.18. The van der Waals surface area contributed by atoms with Crippen LogP contribution in [-0.4, -0.2) is 12.5 Å². The molecular formula is C10H19NO. The zero-order valence-corrected chi connectivity index (χ0v) is 8.31. The molecular weight excluding hydrogens is 150 g/mol. The summed E-state index contributed by atoms with van der Waals surface area (Å²) in [5, 5.41) is 2.98. The van der Waals surface area contributed by atoms with Gasteiger partial charge >= 0.3 is 0 Å². The molecule has 1 aliphatic carbocycles. The monoisotopic (exact) mass is 169 g/mol. The van der Waals surface area contributed by atoms with E-state index in [-0.39, 0.29) is 5.91 Å². The van der Waals surface area contributed by atoms with Gasteiger partial charge in [-0.1, -0.05) is 20.8 Å². The van der Waals surface area contributed by atoms with Crippen molar-refractivity contribution >= 4 is 5.91 Å². The molecule has 0 radical (unpaired) electrons. The van der Waals surface area contributed by atoms with Crippen LogP contribution in [0.4, 0.5) is 0 Å². The van der Waals surface area contributed by atoms with Gasteiger partial charge in [0.1, 0.15) is 0 Å². The van der Waals surface area contributed by atoms with Crippen molar-refractivity contribution in [3.8, 4) is 0 Å². The van der Waals surface area contributed by atoms with Crippen molar-refractivity contribution in [3.63, 3.8) is 0 Å². The van der Waals surface area contributed by atoms with E-state index in [9.17, 15) is 4.79 Å². The molecule has 12 heavy (non-hydrogen) atoms. The van der Waals surface area contributed by atoms with Crippen molar-refractivity contribution in [2.24, 2.45) is 11.3 Å². The number of carbonyl (C=O) groups excluding carboxylic acids is 1. The van der Waals surface area contributed by atoms with Crippen LogP contribution in [0.3, 0.4) is 0 Å². The summed E-state index contributed by atoms with van der Waals surface area (Å²) < 4.78 is 0. The van der Waals surface area contributed by atoms with Crippen molar-refractivity contribution in [1.29, 1.82) is 0 Å². The maximum atomic E-state index is 11.0. The van der Waals surface area contributed by atoms with Crippen LogP contribution in [-0.2, 0) is 4.79 Å². The molecule has 0 atom stereocenters. The van der Waals surface area contributed by atoms with Crippen LogP contribution in [0.15, 0.2) is 0 Å². The van der Waals surface area contributed by atoms with E-state index in [0.717, 1.165) is 6.54 Å². The third-order valence-electron chi connectivity index (χ3n) is 3.08. The normalized spacial score (nSPS) is 19.3. The largest absolute Gasteiger partial charge is 0.356 e. The molecule has 0 spiro atoms. The highest BCUT2D eigenvalue weighted by atomic mass is 16.1. The van der Waals surface area contributed by atoms with Gasteiger partial charge in [0.2, 0.25) is 5.91 Å². The average molecular weight is 169 g/mol. The quantitative estimate of drug-likeness (QED) is 0.684. The van der Waals surface area contributed by atoms with Gasteiger partial charge in [0, 0.05) is 13.0 Å². The second kappa shape index (κ2) is 3.46. The first-order valence-corrected chi connectivity index (χ1v) is 4.87. The number of hydrogen-bond acceptors (Lipinski definition) is 1. The Morgan fingerprint density at radius 3 is 2.42 bits per heavy atom. The maximum Gasteiger partial charge on any atom is 0.219 e. The van der Waals surface area contributed by atoms with E-state index >= 15 is 0 Å². The van der Waals surface area contributed by atoms with E-state index in [1.165, 1.54) is 12.8 Å². The molecule has 0 aromatic carbocycles. The Hall–Kier alpha value is -0.530. The summed E-state index contributed by atoms with van der Waals surface area (Å²) in [5.41, 5.74) is 0.449. The Bertz CT molecular complexity index is 171. The van der Waals surface area contributed by atoms with Crippen LogP contribution in [0.1, 0.15) is 40.0 Å². The van der Waals surface area contributed by atoms with E-state index in [0.29, 0.717) is 17.8 Å².